The molecule has 2 nitrogen and oxygen atoms in total. The number of hydrogen-bond donors (Lipinski definition) is 1. The van der Waals surface area contributed by atoms with Crippen LogP contribution in [0.3, 0.4) is 0 Å². The first kappa shape index (κ1) is 15.3. The van der Waals surface area contributed by atoms with Crippen molar-refractivity contribution in [3.63, 3.8) is 0 Å². The number of hydrogen-bond acceptors (Lipinski definition) is 2. The predicted octanol–water partition coefficient (Wildman–Crippen LogP) is 5.11. The second-order valence-corrected chi connectivity index (χ2v) is 7.02. The molecule has 1 aromatic carbocycles. The zero-order valence-electron chi connectivity index (χ0n) is 12.1. The molecule has 2 aromatic rings. The minimum Gasteiger partial charge on any atom is -0.349 e. The van der Waals surface area contributed by atoms with Crippen LogP contribution in [0.25, 0.3) is 10.1 Å². The van der Waals surface area contributed by atoms with Crippen LogP contribution in [0.2, 0.25) is 5.02 Å². The normalized spacial score (nSPS) is 12.8. The fourth-order valence-electron chi connectivity index (χ4n) is 2.10. The first-order valence-corrected chi connectivity index (χ1v) is 8.16. The number of amides is 1. The predicted molar refractivity (Wildman–Crippen MR) is 87.8 cm³/mol. The van der Waals surface area contributed by atoms with Gasteiger partial charge in [-0.2, -0.15) is 0 Å². The van der Waals surface area contributed by atoms with Crippen molar-refractivity contribution in [3.8, 4) is 0 Å². The van der Waals surface area contributed by atoms with Gasteiger partial charge in [0.2, 0.25) is 0 Å². The van der Waals surface area contributed by atoms with Gasteiger partial charge in [-0.05, 0) is 31.7 Å². The summed E-state index contributed by atoms with van der Waals surface area (Å²) in [4.78, 5) is 12.9. The van der Waals surface area contributed by atoms with Crippen LogP contribution < -0.4 is 5.32 Å². The Balaban J connectivity index is 2.09. The molecule has 0 saturated carbocycles. The third kappa shape index (κ3) is 3.53. The van der Waals surface area contributed by atoms with Gasteiger partial charge in [-0.25, -0.2) is 0 Å². The molecular formula is C16H20ClNOS. The fraction of sp³-hybridized carbons (Fsp3) is 0.438. The van der Waals surface area contributed by atoms with E-state index in [2.05, 4.69) is 19.2 Å². The molecule has 0 saturated heterocycles. The molecule has 0 aliphatic rings. The van der Waals surface area contributed by atoms with Gasteiger partial charge in [0.25, 0.3) is 5.91 Å². The Morgan fingerprint density at radius 3 is 2.60 bits per heavy atom. The molecule has 0 aliphatic heterocycles. The van der Waals surface area contributed by atoms with E-state index in [-0.39, 0.29) is 11.9 Å². The molecule has 1 amide bonds. The summed E-state index contributed by atoms with van der Waals surface area (Å²) in [5, 5.41) is 4.57. The van der Waals surface area contributed by atoms with Crippen LogP contribution in [0, 0.1) is 5.92 Å². The van der Waals surface area contributed by atoms with Crippen molar-refractivity contribution in [2.75, 3.05) is 0 Å². The van der Waals surface area contributed by atoms with Gasteiger partial charge < -0.3 is 5.32 Å². The van der Waals surface area contributed by atoms with Crippen molar-refractivity contribution in [1.29, 1.82) is 0 Å². The highest BCUT2D eigenvalue weighted by atomic mass is 35.5. The molecule has 20 heavy (non-hydrogen) atoms. The number of thiophene rings is 1. The van der Waals surface area contributed by atoms with Crippen molar-refractivity contribution in [2.24, 2.45) is 5.92 Å². The van der Waals surface area contributed by atoms with E-state index in [0.29, 0.717) is 15.8 Å². The molecule has 0 radical (unpaired) electrons. The molecular weight excluding hydrogens is 290 g/mol. The molecule has 1 aromatic heterocycles. The van der Waals surface area contributed by atoms with E-state index in [0.717, 1.165) is 22.9 Å². The Labute approximate surface area is 129 Å². The SMILES string of the molecule is CC(C)CCC(C)NC(=O)c1sc2ccccc2c1Cl. The number of fused-ring (bicyclic) bond motifs is 1. The number of carbonyl (C=O) groups is 1. The van der Waals surface area contributed by atoms with Gasteiger partial charge >= 0.3 is 0 Å². The van der Waals surface area contributed by atoms with Crippen LogP contribution in [-0.2, 0) is 0 Å². The first-order valence-electron chi connectivity index (χ1n) is 6.97. The molecule has 0 aliphatic carbocycles. The van der Waals surface area contributed by atoms with Crippen molar-refractivity contribution in [2.45, 2.75) is 39.7 Å². The van der Waals surface area contributed by atoms with Gasteiger partial charge in [0, 0.05) is 16.1 Å². The lowest BCUT2D eigenvalue weighted by Crippen LogP contribution is -2.32. The summed E-state index contributed by atoms with van der Waals surface area (Å²) in [5.74, 6) is 0.592. The zero-order chi connectivity index (χ0) is 14.7. The Kier molecular flexibility index (Phi) is 5.06. The first-order chi connectivity index (χ1) is 9.49. The monoisotopic (exact) mass is 309 g/mol. The Morgan fingerprint density at radius 2 is 1.95 bits per heavy atom. The van der Waals surface area contributed by atoms with Crippen molar-refractivity contribution < 1.29 is 4.79 Å². The quantitative estimate of drug-likeness (QED) is 0.817. The Bertz CT molecular complexity index is 606. The van der Waals surface area contributed by atoms with Crippen LogP contribution >= 0.6 is 22.9 Å². The van der Waals surface area contributed by atoms with Crippen LogP contribution in [-0.4, -0.2) is 11.9 Å². The number of nitrogens with one attached hydrogen (secondary N) is 1. The summed E-state index contributed by atoms with van der Waals surface area (Å²) in [6.45, 7) is 6.43. The summed E-state index contributed by atoms with van der Waals surface area (Å²) in [6, 6.07) is 8.01. The number of rotatable bonds is 5. The maximum absolute atomic E-state index is 12.3. The second kappa shape index (κ2) is 6.59. The molecule has 0 fully saturated rings. The Hall–Kier alpha value is -1.06. The smallest absolute Gasteiger partial charge is 0.263 e. The third-order valence-electron chi connectivity index (χ3n) is 3.30. The van der Waals surface area contributed by atoms with Crippen LogP contribution in [0.5, 0.6) is 0 Å². The van der Waals surface area contributed by atoms with Crippen LogP contribution in [0.4, 0.5) is 0 Å². The largest absolute Gasteiger partial charge is 0.349 e. The highest BCUT2D eigenvalue weighted by Crippen LogP contribution is 2.35. The lowest BCUT2D eigenvalue weighted by atomic mass is 10.0. The van der Waals surface area contributed by atoms with Crippen molar-refractivity contribution in [1.82, 2.24) is 5.32 Å². The van der Waals surface area contributed by atoms with Gasteiger partial charge in [-0.1, -0.05) is 43.6 Å². The number of carbonyl (C=O) groups excluding carboxylic acids is 1. The number of halogens is 1. The zero-order valence-corrected chi connectivity index (χ0v) is 13.6. The van der Waals surface area contributed by atoms with Crippen molar-refractivity contribution in [3.05, 3.63) is 34.2 Å². The highest BCUT2D eigenvalue weighted by Gasteiger charge is 2.18. The Morgan fingerprint density at radius 1 is 1.25 bits per heavy atom. The van der Waals surface area contributed by atoms with Gasteiger partial charge in [-0.3, -0.25) is 4.79 Å². The maximum atomic E-state index is 12.3. The van der Waals surface area contributed by atoms with E-state index in [9.17, 15) is 4.79 Å². The van der Waals surface area contributed by atoms with E-state index in [1.54, 1.807) is 0 Å². The van der Waals surface area contributed by atoms with Gasteiger partial charge in [0.1, 0.15) is 4.88 Å². The fourth-order valence-corrected chi connectivity index (χ4v) is 3.53. The van der Waals surface area contributed by atoms with E-state index < -0.39 is 0 Å². The minimum atomic E-state index is -0.0625. The van der Waals surface area contributed by atoms with E-state index >= 15 is 0 Å². The van der Waals surface area contributed by atoms with E-state index in [1.807, 2.05) is 31.2 Å². The average Bonchev–Trinajstić information content (AvgIpc) is 2.74. The molecule has 1 unspecified atom stereocenters. The summed E-state index contributed by atoms with van der Waals surface area (Å²) in [7, 11) is 0. The summed E-state index contributed by atoms with van der Waals surface area (Å²) >= 11 is 7.77. The lowest BCUT2D eigenvalue weighted by molar-refractivity contribution is 0.0941. The molecule has 2 rings (SSSR count). The van der Waals surface area contributed by atoms with Crippen molar-refractivity contribution >= 4 is 38.9 Å². The lowest BCUT2D eigenvalue weighted by Gasteiger charge is -2.14. The van der Waals surface area contributed by atoms with E-state index in [4.69, 9.17) is 11.6 Å². The summed E-state index contributed by atoms with van der Waals surface area (Å²) in [5.41, 5.74) is 0. The highest BCUT2D eigenvalue weighted by molar-refractivity contribution is 7.21. The summed E-state index contributed by atoms with van der Waals surface area (Å²) in [6.07, 6.45) is 2.10. The molecule has 1 heterocycles. The maximum Gasteiger partial charge on any atom is 0.263 e. The van der Waals surface area contributed by atoms with Gasteiger partial charge in [0.15, 0.2) is 0 Å². The molecule has 0 spiro atoms. The number of benzene rings is 1. The second-order valence-electron chi connectivity index (χ2n) is 5.59. The van der Waals surface area contributed by atoms with Crippen LogP contribution in [0.1, 0.15) is 43.3 Å². The van der Waals surface area contributed by atoms with Gasteiger partial charge in [-0.15, -0.1) is 11.3 Å². The molecule has 0 bridgehead atoms. The molecule has 1 atom stereocenters. The standard InChI is InChI=1S/C16H20ClNOS/c1-10(2)8-9-11(3)18-16(19)15-14(17)12-6-4-5-7-13(12)20-15/h4-7,10-11H,8-9H2,1-3H3,(H,18,19). The van der Waals surface area contributed by atoms with Gasteiger partial charge in [0.05, 0.1) is 5.02 Å². The topological polar surface area (TPSA) is 29.1 Å². The van der Waals surface area contributed by atoms with Crippen LogP contribution in [0.15, 0.2) is 24.3 Å². The third-order valence-corrected chi connectivity index (χ3v) is 4.97. The minimum absolute atomic E-state index is 0.0625. The molecule has 4 heteroatoms. The van der Waals surface area contributed by atoms with E-state index in [1.165, 1.54) is 11.3 Å². The molecule has 108 valence electrons. The summed E-state index contributed by atoms with van der Waals surface area (Å²) < 4.78 is 1.05. The molecule has 1 N–H and O–H groups in total. The average molecular weight is 310 g/mol.